The first-order chi connectivity index (χ1) is 8.22. The number of hydrogen-bond donors (Lipinski definition) is 2. The number of nitrogens with two attached hydrogens (primary N) is 1. The van der Waals surface area contributed by atoms with Crippen molar-refractivity contribution in [2.75, 3.05) is 18.4 Å². The topological polar surface area (TPSA) is 72.9 Å². The molecule has 0 bridgehead atoms. The van der Waals surface area contributed by atoms with Gasteiger partial charge in [0.15, 0.2) is 0 Å². The maximum Gasteiger partial charge on any atom is 0.291 e. The van der Waals surface area contributed by atoms with E-state index in [1.165, 1.54) is 23.7 Å². The number of rotatable bonds is 6. The minimum Gasteiger partial charge on any atom is -0.379 e. The Morgan fingerprint density at radius 3 is 3.00 bits per heavy atom. The summed E-state index contributed by atoms with van der Waals surface area (Å²) in [5.41, 5.74) is 5.71. The second-order valence-electron chi connectivity index (χ2n) is 4.37. The first-order valence-corrected chi connectivity index (χ1v) is 6.29. The summed E-state index contributed by atoms with van der Waals surface area (Å²) in [6.07, 6.45) is 4.70. The fraction of sp³-hybridized carbons (Fsp3) is 0.636. The average molecular weight is 257 g/mol. The highest BCUT2D eigenvalue weighted by Crippen LogP contribution is 2.30. The molecule has 5 nitrogen and oxygen atoms in total. The predicted octanol–water partition coefficient (Wildman–Crippen LogP) is 1.07. The number of hydrogen-bond acceptors (Lipinski definition) is 4. The summed E-state index contributed by atoms with van der Waals surface area (Å²) in [7, 11) is 0. The maximum atomic E-state index is 12.1. The van der Waals surface area contributed by atoms with Crippen molar-refractivity contribution in [3.8, 4) is 0 Å². The lowest BCUT2D eigenvalue weighted by Crippen LogP contribution is -2.27. The molecule has 3 N–H and O–H groups in total. The van der Waals surface area contributed by atoms with Crippen molar-refractivity contribution < 1.29 is 0 Å². The third kappa shape index (κ3) is 3.20. The molecule has 6 heteroatoms. The molecular weight excluding hydrogens is 240 g/mol. The van der Waals surface area contributed by atoms with Crippen molar-refractivity contribution in [1.82, 2.24) is 9.78 Å². The van der Waals surface area contributed by atoms with E-state index in [-0.39, 0.29) is 5.56 Å². The summed E-state index contributed by atoms with van der Waals surface area (Å²) < 4.78 is 1.49. The molecule has 0 amide bonds. The standard InChI is InChI=1S/C11H17ClN4O/c12-9-6-15-16(7-8-2-3-8)11(17)10(9)14-5-1-4-13/h6,8,14H,1-5,7,13H2. The van der Waals surface area contributed by atoms with E-state index in [1.807, 2.05) is 0 Å². The molecule has 94 valence electrons. The van der Waals surface area contributed by atoms with Crippen LogP contribution in [0.3, 0.4) is 0 Å². The molecule has 0 aliphatic heterocycles. The molecule has 1 fully saturated rings. The highest BCUT2D eigenvalue weighted by atomic mass is 35.5. The molecule has 1 aromatic heterocycles. The van der Waals surface area contributed by atoms with E-state index >= 15 is 0 Å². The van der Waals surface area contributed by atoms with E-state index in [9.17, 15) is 4.79 Å². The second kappa shape index (κ2) is 5.51. The summed E-state index contributed by atoms with van der Waals surface area (Å²) >= 11 is 5.96. The van der Waals surface area contributed by atoms with Crippen molar-refractivity contribution in [1.29, 1.82) is 0 Å². The minimum atomic E-state index is -0.138. The Morgan fingerprint density at radius 1 is 1.59 bits per heavy atom. The van der Waals surface area contributed by atoms with Gasteiger partial charge in [-0.05, 0) is 31.7 Å². The molecule has 0 atom stereocenters. The quantitative estimate of drug-likeness (QED) is 0.747. The zero-order valence-corrected chi connectivity index (χ0v) is 10.4. The Bertz CT molecular complexity index is 442. The van der Waals surface area contributed by atoms with Crippen molar-refractivity contribution in [2.45, 2.75) is 25.8 Å². The smallest absolute Gasteiger partial charge is 0.291 e. The number of anilines is 1. The van der Waals surface area contributed by atoms with Crippen LogP contribution in [0.1, 0.15) is 19.3 Å². The van der Waals surface area contributed by atoms with Crippen LogP contribution in [0.2, 0.25) is 5.02 Å². The number of halogens is 1. The Kier molecular flexibility index (Phi) is 4.02. The van der Waals surface area contributed by atoms with Crippen molar-refractivity contribution in [3.05, 3.63) is 21.6 Å². The molecule has 1 aromatic rings. The molecule has 2 rings (SSSR count). The lowest BCUT2D eigenvalue weighted by molar-refractivity contribution is 0.534. The first kappa shape index (κ1) is 12.4. The number of nitrogens with zero attached hydrogens (tertiary/aromatic N) is 2. The van der Waals surface area contributed by atoms with Crippen LogP contribution < -0.4 is 16.6 Å². The summed E-state index contributed by atoms with van der Waals surface area (Å²) in [5.74, 6) is 0.610. The lowest BCUT2D eigenvalue weighted by Gasteiger charge is -2.09. The van der Waals surface area contributed by atoms with E-state index < -0.39 is 0 Å². The lowest BCUT2D eigenvalue weighted by atomic mass is 10.3. The predicted molar refractivity (Wildman–Crippen MR) is 68.4 cm³/mol. The van der Waals surface area contributed by atoms with Gasteiger partial charge in [-0.1, -0.05) is 11.6 Å². The number of aromatic nitrogens is 2. The molecule has 0 unspecified atom stereocenters. The molecule has 17 heavy (non-hydrogen) atoms. The zero-order chi connectivity index (χ0) is 12.3. The third-order valence-corrected chi connectivity index (χ3v) is 3.09. The van der Waals surface area contributed by atoms with Crippen LogP contribution in [0, 0.1) is 5.92 Å². The molecule has 0 radical (unpaired) electrons. The normalized spacial score (nSPS) is 14.9. The van der Waals surface area contributed by atoms with Gasteiger partial charge >= 0.3 is 0 Å². The highest BCUT2D eigenvalue weighted by molar-refractivity contribution is 6.32. The van der Waals surface area contributed by atoms with E-state index in [2.05, 4.69) is 10.4 Å². The minimum absolute atomic E-state index is 0.138. The first-order valence-electron chi connectivity index (χ1n) is 5.92. The molecule has 1 aliphatic rings. The third-order valence-electron chi connectivity index (χ3n) is 2.81. The summed E-state index contributed by atoms with van der Waals surface area (Å²) in [4.78, 5) is 12.1. The molecule has 0 aromatic carbocycles. The van der Waals surface area contributed by atoms with Crippen LogP contribution in [0.25, 0.3) is 0 Å². The Balaban J connectivity index is 2.13. The molecule has 0 saturated heterocycles. The van der Waals surface area contributed by atoms with Crippen molar-refractivity contribution >= 4 is 17.3 Å². The van der Waals surface area contributed by atoms with Crippen LogP contribution in [0.5, 0.6) is 0 Å². The fourth-order valence-electron chi connectivity index (χ4n) is 1.62. The molecule has 1 aliphatic carbocycles. The maximum absolute atomic E-state index is 12.1. The van der Waals surface area contributed by atoms with Gasteiger partial charge in [-0.15, -0.1) is 0 Å². The van der Waals surface area contributed by atoms with E-state index in [1.54, 1.807) is 0 Å². The van der Waals surface area contributed by atoms with E-state index in [4.69, 9.17) is 17.3 Å². The van der Waals surface area contributed by atoms with Gasteiger partial charge in [0.05, 0.1) is 11.2 Å². The summed E-state index contributed by atoms with van der Waals surface area (Å²) in [5, 5.41) is 7.46. The molecular formula is C11H17ClN4O. The Morgan fingerprint density at radius 2 is 2.35 bits per heavy atom. The van der Waals surface area contributed by atoms with Crippen molar-refractivity contribution in [3.63, 3.8) is 0 Å². The Hall–Kier alpha value is -1.07. The van der Waals surface area contributed by atoms with Gasteiger partial charge in [0.2, 0.25) is 0 Å². The molecule has 1 saturated carbocycles. The largest absolute Gasteiger partial charge is 0.379 e. The monoisotopic (exact) mass is 256 g/mol. The summed E-state index contributed by atoms with van der Waals surface area (Å²) in [6, 6.07) is 0. The van der Waals surface area contributed by atoms with Crippen LogP contribution in [-0.2, 0) is 6.54 Å². The van der Waals surface area contributed by atoms with Gasteiger partial charge in [0.25, 0.3) is 5.56 Å². The van der Waals surface area contributed by atoms with Crippen molar-refractivity contribution in [2.24, 2.45) is 11.7 Å². The average Bonchev–Trinajstić information content (AvgIpc) is 3.11. The van der Waals surface area contributed by atoms with E-state index in [0.29, 0.717) is 36.3 Å². The second-order valence-corrected chi connectivity index (χ2v) is 4.77. The van der Waals surface area contributed by atoms with Gasteiger partial charge < -0.3 is 11.1 Å². The van der Waals surface area contributed by atoms with E-state index in [0.717, 1.165) is 6.42 Å². The van der Waals surface area contributed by atoms with Gasteiger partial charge in [-0.3, -0.25) is 4.79 Å². The van der Waals surface area contributed by atoms with Gasteiger partial charge in [-0.25, -0.2) is 4.68 Å². The molecule has 1 heterocycles. The van der Waals surface area contributed by atoms with Crippen LogP contribution >= 0.6 is 11.6 Å². The fourth-order valence-corrected chi connectivity index (χ4v) is 1.81. The van der Waals surface area contributed by atoms with Crippen LogP contribution in [0.15, 0.2) is 11.0 Å². The number of nitrogens with one attached hydrogen (secondary N) is 1. The van der Waals surface area contributed by atoms with Gasteiger partial charge in [-0.2, -0.15) is 5.10 Å². The molecule has 0 spiro atoms. The van der Waals surface area contributed by atoms with Crippen LogP contribution in [0.4, 0.5) is 5.69 Å². The zero-order valence-electron chi connectivity index (χ0n) is 9.66. The Labute approximate surface area is 105 Å². The van der Waals surface area contributed by atoms with Crippen LogP contribution in [-0.4, -0.2) is 22.9 Å². The SMILES string of the molecule is NCCCNc1c(Cl)cnn(CC2CC2)c1=O. The highest BCUT2D eigenvalue weighted by Gasteiger charge is 2.23. The summed E-state index contributed by atoms with van der Waals surface area (Å²) in [6.45, 7) is 1.94. The van der Waals surface area contributed by atoms with Gasteiger partial charge in [0, 0.05) is 13.1 Å². The van der Waals surface area contributed by atoms with Gasteiger partial charge in [0.1, 0.15) is 5.69 Å².